The van der Waals surface area contributed by atoms with Gasteiger partial charge in [0.25, 0.3) is 0 Å². The molecular formula is C11H19BrO4. The molecule has 0 amide bonds. The van der Waals surface area contributed by atoms with Gasteiger partial charge in [0.15, 0.2) is 6.29 Å². The summed E-state index contributed by atoms with van der Waals surface area (Å²) in [6.45, 7) is 6.85. The molecule has 1 aliphatic rings. The minimum atomic E-state index is -0.441. The highest BCUT2D eigenvalue weighted by atomic mass is 79.9. The summed E-state index contributed by atoms with van der Waals surface area (Å²) in [4.78, 5) is 11.3. The minimum Gasteiger partial charge on any atom is -0.459 e. The van der Waals surface area contributed by atoms with E-state index in [2.05, 4.69) is 15.9 Å². The van der Waals surface area contributed by atoms with E-state index in [4.69, 9.17) is 14.2 Å². The van der Waals surface area contributed by atoms with Crippen molar-refractivity contribution in [3.05, 3.63) is 0 Å². The highest BCUT2D eigenvalue weighted by Crippen LogP contribution is 2.19. The van der Waals surface area contributed by atoms with E-state index < -0.39 is 5.60 Å². The predicted molar refractivity (Wildman–Crippen MR) is 63.5 cm³/mol. The molecule has 94 valence electrons. The summed E-state index contributed by atoms with van der Waals surface area (Å²) < 4.78 is 15.8. The van der Waals surface area contributed by atoms with Crippen LogP contribution in [0.1, 0.15) is 33.6 Å². The topological polar surface area (TPSA) is 44.8 Å². The quantitative estimate of drug-likeness (QED) is 0.589. The number of halogens is 1. The van der Waals surface area contributed by atoms with Crippen LogP contribution in [0.25, 0.3) is 0 Å². The fourth-order valence-corrected chi connectivity index (χ4v) is 1.70. The van der Waals surface area contributed by atoms with E-state index in [1.165, 1.54) is 0 Å². The molecule has 1 aliphatic heterocycles. The molecule has 0 aliphatic carbocycles. The summed E-state index contributed by atoms with van der Waals surface area (Å²) in [5.41, 5.74) is -0.441. The molecule has 1 heterocycles. The van der Waals surface area contributed by atoms with Crippen molar-refractivity contribution in [2.75, 3.05) is 13.2 Å². The van der Waals surface area contributed by atoms with Gasteiger partial charge in [-0.15, -0.1) is 0 Å². The third-order valence-electron chi connectivity index (χ3n) is 2.01. The molecule has 1 unspecified atom stereocenters. The van der Waals surface area contributed by atoms with Gasteiger partial charge in [-0.1, -0.05) is 15.9 Å². The van der Waals surface area contributed by atoms with E-state index in [0.717, 1.165) is 0 Å². The number of hydrogen-bond acceptors (Lipinski definition) is 4. The number of carbonyl (C=O) groups is 1. The lowest BCUT2D eigenvalue weighted by Crippen LogP contribution is -2.29. The van der Waals surface area contributed by atoms with Gasteiger partial charge in [-0.05, 0) is 33.6 Å². The molecule has 0 bridgehead atoms. The van der Waals surface area contributed by atoms with Crippen LogP contribution in [-0.2, 0) is 19.0 Å². The highest BCUT2D eigenvalue weighted by Gasteiger charge is 2.25. The average Bonchev–Trinajstić information content (AvgIpc) is 2.63. The number of hydrogen-bond donors (Lipinski definition) is 0. The zero-order chi connectivity index (χ0) is 12.2. The summed E-state index contributed by atoms with van der Waals surface area (Å²) in [5, 5.41) is 0. The molecular weight excluding hydrogens is 276 g/mol. The lowest BCUT2D eigenvalue weighted by Gasteiger charge is -2.21. The van der Waals surface area contributed by atoms with E-state index in [0.29, 0.717) is 26.1 Å². The van der Waals surface area contributed by atoms with Crippen LogP contribution in [0.15, 0.2) is 0 Å². The summed E-state index contributed by atoms with van der Waals surface area (Å²) in [6.07, 6.45) is 1.19. The molecule has 0 spiro atoms. The maximum absolute atomic E-state index is 11.6. The maximum Gasteiger partial charge on any atom is 0.320 e. The molecule has 1 rings (SSSR count). The van der Waals surface area contributed by atoms with Crippen molar-refractivity contribution in [1.82, 2.24) is 0 Å². The van der Waals surface area contributed by atoms with E-state index in [1.807, 2.05) is 20.8 Å². The van der Waals surface area contributed by atoms with Crippen molar-refractivity contribution in [3.63, 3.8) is 0 Å². The van der Waals surface area contributed by atoms with Crippen molar-refractivity contribution < 1.29 is 19.0 Å². The average molecular weight is 295 g/mol. The third kappa shape index (κ3) is 5.27. The number of rotatable bonds is 4. The second kappa shape index (κ2) is 5.98. The fourth-order valence-electron chi connectivity index (χ4n) is 1.34. The number of ether oxygens (including phenoxy) is 3. The Labute approximate surface area is 105 Å². The van der Waals surface area contributed by atoms with E-state index in [1.54, 1.807) is 0 Å². The van der Waals surface area contributed by atoms with Crippen LogP contribution in [0.4, 0.5) is 0 Å². The maximum atomic E-state index is 11.6. The van der Waals surface area contributed by atoms with Gasteiger partial charge in [0.2, 0.25) is 0 Å². The molecule has 0 radical (unpaired) electrons. The number of alkyl halides is 1. The molecule has 0 aromatic heterocycles. The largest absolute Gasteiger partial charge is 0.459 e. The molecule has 16 heavy (non-hydrogen) atoms. The SMILES string of the molecule is CC(C)(C)OC(=O)C(Br)CCC1OCCO1. The summed E-state index contributed by atoms with van der Waals surface area (Å²) in [6, 6.07) is 0. The first-order chi connectivity index (χ1) is 7.38. The first-order valence-electron chi connectivity index (χ1n) is 5.48. The lowest BCUT2D eigenvalue weighted by atomic mass is 10.2. The highest BCUT2D eigenvalue weighted by molar-refractivity contribution is 9.10. The molecule has 4 nitrogen and oxygen atoms in total. The van der Waals surface area contributed by atoms with Crippen molar-refractivity contribution in [1.29, 1.82) is 0 Å². The molecule has 0 aromatic rings. The van der Waals surface area contributed by atoms with Crippen LogP contribution in [-0.4, -0.2) is 35.9 Å². The van der Waals surface area contributed by atoms with Gasteiger partial charge < -0.3 is 14.2 Å². The van der Waals surface area contributed by atoms with Crippen LogP contribution >= 0.6 is 15.9 Å². The summed E-state index contributed by atoms with van der Waals surface area (Å²) >= 11 is 3.32. The standard InChI is InChI=1S/C11H19BrO4/c1-11(2,3)16-10(13)8(12)4-5-9-14-6-7-15-9/h8-9H,4-7H2,1-3H3. The van der Waals surface area contributed by atoms with Gasteiger partial charge in [0.1, 0.15) is 10.4 Å². The van der Waals surface area contributed by atoms with Crippen LogP contribution in [0.2, 0.25) is 0 Å². The van der Waals surface area contributed by atoms with Crippen molar-refractivity contribution >= 4 is 21.9 Å². The summed E-state index contributed by atoms with van der Waals surface area (Å²) in [5.74, 6) is -0.231. The monoisotopic (exact) mass is 294 g/mol. The van der Waals surface area contributed by atoms with Crippen LogP contribution in [0.3, 0.4) is 0 Å². The molecule has 5 heteroatoms. The zero-order valence-electron chi connectivity index (χ0n) is 9.99. The zero-order valence-corrected chi connectivity index (χ0v) is 11.6. The molecule has 1 saturated heterocycles. The Morgan fingerprint density at radius 1 is 1.44 bits per heavy atom. The molecule has 0 aromatic carbocycles. The summed E-state index contributed by atoms with van der Waals surface area (Å²) in [7, 11) is 0. The Kier molecular flexibility index (Phi) is 5.21. The van der Waals surface area contributed by atoms with Crippen molar-refractivity contribution in [2.45, 2.75) is 50.3 Å². The van der Waals surface area contributed by atoms with Gasteiger partial charge in [-0.3, -0.25) is 4.79 Å². The lowest BCUT2D eigenvalue weighted by molar-refractivity contribution is -0.154. The third-order valence-corrected chi connectivity index (χ3v) is 2.84. The molecule has 0 N–H and O–H groups in total. The Bertz CT molecular complexity index is 231. The van der Waals surface area contributed by atoms with Gasteiger partial charge in [0, 0.05) is 0 Å². The van der Waals surface area contributed by atoms with Crippen molar-refractivity contribution in [3.8, 4) is 0 Å². The van der Waals surface area contributed by atoms with E-state index in [9.17, 15) is 4.79 Å². The first kappa shape index (κ1) is 13.9. The smallest absolute Gasteiger partial charge is 0.320 e. The first-order valence-corrected chi connectivity index (χ1v) is 6.40. The fraction of sp³-hybridized carbons (Fsp3) is 0.909. The normalized spacial score (nSPS) is 19.8. The predicted octanol–water partition coefficient (Wildman–Crippen LogP) is 2.24. The Hall–Kier alpha value is -0.130. The van der Waals surface area contributed by atoms with E-state index in [-0.39, 0.29) is 17.1 Å². The number of carbonyl (C=O) groups excluding carboxylic acids is 1. The Morgan fingerprint density at radius 2 is 2.00 bits per heavy atom. The number of esters is 1. The van der Waals surface area contributed by atoms with Crippen LogP contribution in [0.5, 0.6) is 0 Å². The Morgan fingerprint density at radius 3 is 2.50 bits per heavy atom. The Balaban J connectivity index is 2.23. The van der Waals surface area contributed by atoms with Gasteiger partial charge in [-0.25, -0.2) is 0 Å². The van der Waals surface area contributed by atoms with Crippen molar-refractivity contribution in [2.24, 2.45) is 0 Å². The van der Waals surface area contributed by atoms with Gasteiger partial charge >= 0.3 is 5.97 Å². The molecule has 1 fully saturated rings. The second-order valence-electron chi connectivity index (χ2n) is 4.75. The van der Waals surface area contributed by atoms with Gasteiger partial charge in [-0.2, -0.15) is 0 Å². The van der Waals surface area contributed by atoms with Crippen LogP contribution < -0.4 is 0 Å². The van der Waals surface area contributed by atoms with Gasteiger partial charge in [0.05, 0.1) is 13.2 Å². The van der Waals surface area contributed by atoms with E-state index >= 15 is 0 Å². The minimum absolute atomic E-state index is 0.164. The second-order valence-corrected chi connectivity index (χ2v) is 5.85. The molecule has 0 saturated carbocycles. The molecule has 1 atom stereocenters. The van der Waals surface area contributed by atoms with Crippen LogP contribution in [0, 0.1) is 0 Å².